The Kier molecular flexibility index (Phi) is 3.72. The Morgan fingerprint density at radius 1 is 1.08 bits per heavy atom. The number of non-ortho nitro benzene ring substituents is 1. The highest BCUT2D eigenvalue weighted by molar-refractivity contribution is 5.82. The first-order chi connectivity index (χ1) is 12.1. The van der Waals surface area contributed by atoms with Crippen molar-refractivity contribution in [2.75, 3.05) is 0 Å². The van der Waals surface area contributed by atoms with E-state index in [1.54, 1.807) is 12.1 Å². The smallest absolute Gasteiger partial charge is 0.336 e. The van der Waals surface area contributed by atoms with E-state index in [0.717, 1.165) is 30.2 Å². The van der Waals surface area contributed by atoms with E-state index >= 15 is 0 Å². The van der Waals surface area contributed by atoms with Gasteiger partial charge in [-0.3, -0.25) is 10.1 Å². The lowest BCUT2D eigenvalue weighted by Crippen LogP contribution is -2.04. The van der Waals surface area contributed by atoms with Gasteiger partial charge < -0.3 is 9.15 Å². The summed E-state index contributed by atoms with van der Waals surface area (Å²) in [5, 5.41) is 11.6. The van der Waals surface area contributed by atoms with Crippen LogP contribution >= 0.6 is 0 Å². The molecule has 0 N–H and O–H groups in total. The number of ether oxygens (including phenoxy) is 1. The van der Waals surface area contributed by atoms with Crippen molar-refractivity contribution in [2.45, 2.75) is 25.9 Å². The molecule has 1 heterocycles. The van der Waals surface area contributed by atoms with Crippen LogP contribution < -0.4 is 10.4 Å². The molecule has 0 saturated heterocycles. The third-order valence-corrected chi connectivity index (χ3v) is 4.48. The monoisotopic (exact) mass is 337 g/mol. The Morgan fingerprint density at radius 2 is 1.80 bits per heavy atom. The summed E-state index contributed by atoms with van der Waals surface area (Å²) in [6, 6.07) is 11.3. The zero-order valence-electron chi connectivity index (χ0n) is 13.4. The molecule has 6 heteroatoms. The second kappa shape index (κ2) is 6.05. The van der Waals surface area contributed by atoms with Crippen LogP contribution in [0.5, 0.6) is 5.75 Å². The molecule has 0 atom stereocenters. The van der Waals surface area contributed by atoms with Gasteiger partial charge in [-0.05, 0) is 54.7 Å². The molecule has 4 rings (SSSR count). The number of hydrogen-bond donors (Lipinski definition) is 0. The van der Waals surface area contributed by atoms with Crippen LogP contribution in [-0.2, 0) is 19.4 Å². The van der Waals surface area contributed by atoms with Crippen LogP contribution in [0.15, 0.2) is 51.7 Å². The van der Waals surface area contributed by atoms with Gasteiger partial charge in [-0.1, -0.05) is 0 Å². The van der Waals surface area contributed by atoms with Gasteiger partial charge in [0, 0.05) is 29.1 Å². The van der Waals surface area contributed by atoms with Crippen molar-refractivity contribution in [1.82, 2.24) is 0 Å². The van der Waals surface area contributed by atoms with Crippen molar-refractivity contribution in [3.05, 3.63) is 79.7 Å². The molecule has 2 aromatic carbocycles. The summed E-state index contributed by atoms with van der Waals surface area (Å²) < 4.78 is 11.0. The second-order valence-electron chi connectivity index (χ2n) is 6.10. The van der Waals surface area contributed by atoms with E-state index in [1.165, 1.54) is 29.3 Å². The Balaban J connectivity index is 1.64. The van der Waals surface area contributed by atoms with Gasteiger partial charge in [0.25, 0.3) is 5.69 Å². The number of rotatable bonds is 4. The van der Waals surface area contributed by atoms with Gasteiger partial charge in [0.15, 0.2) is 0 Å². The van der Waals surface area contributed by atoms with Crippen LogP contribution in [0.2, 0.25) is 0 Å². The first kappa shape index (κ1) is 15.4. The van der Waals surface area contributed by atoms with Crippen LogP contribution in [0.1, 0.15) is 23.1 Å². The van der Waals surface area contributed by atoms with E-state index in [-0.39, 0.29) is 12.3 Å². The summed E-state index contributed by atoms with van der Waals surface area (Å²) >= 11 is 0. The maximum Gasteiger partial charge on any atom is 0.336 e. The summed E-state index contributed by atoms with van der Waals surface area (Å²) in [5.41, 5.74) is 3.46. The molecule has 1 aliphatic rings. The Morgan fingerprint density at radius 3 is 2.52 bits per heavy atom. The Labute approximate surface area is 142 Å². The molecule has 126 valence electrons. The maximum atomic E-state index is 11.8. The summed E-state index contributed by atoms with van der Waals surface area (Å²) in [5.74, 6) is 0.508. The van der Waals surface area contributed by atoms with Crippen molar-refractivity contribution in [1.29, 1.82) is 0 Å². The first-order valence-electron chi connectivity index (χ1n) is 8.06. The lowest BCUT2D eigenvalue weighted by atomic mass is 10.0. The zero-order chi connectivity index (χ0) is 17.4. The summed E-state index contributed by atoms with van der Waals surface area (Å²) in [6.07, 6.45) is 3.16. The predicted molar refractivity (Wildman–Crippen MR) is 91.9 cm³/mol. The van der Waals surface area contributed by atoms with E-state index in [1.807, 2.05) is 6.07 Å². The first-order valence-corrected chi connectivity index (χ1v) is 8.06. The van der Waals surface area contributed by atoms with E-state index in [0.29, 0.717) is 11.3 Å². The van der Waals surface area contributed by atoms with Crippen LogP contribution in [0.4, 0.5) is 5.69 Å². The molecule has 0 aliphatic heterocycles. The number of nitro benzene ring substituents is 1. The fourth-order valence-corrected chi connectivity index (χ4v) is 3.24. The van der Waals surface area contributed by atoms with Crippen LogP contribution in [0.3, 0.4) is 0 Å². The standard InChI is InChI=1S/C19H15NO5/c21-19-10-14(11-24-16-6-4-15(5-7-16)20(22)23)17-8-12-2-1-3-13(12)9-18(17)25-19/h4-10H,1-3,11H2. The van der Waals surface area contributed by atoms with E-state index in [4.69, 9.17) is 9.15 Å². The second-order valence-corrected chi connectivity index (χ2v) is 6.10. The quantitative estimate of drug-likeness (QED) is 0.411. The molecule has 0 fully saturated rings. The van der Waals surface area contributed by atoms with Gasteiger partial charge in [-0.2, -0.15) is 0 Å². The van der Waals surface area contributed by atoms with Crippen molar-refractivity contribution in [3.8, 4) is 5.75 Å². The van der Waals surface area contributed by atoms with Crippen molar-refractivity contribution in [2.24, 2.45) is 0 Å². The number of hydrogen-bond acceptors (Lipinski definition) is 5. The average Bonchev–Trinajstić information content (AvgIpc) is 3.05. The minimum atomic E-state index is -0.458. The lowest BCUT2D eigenvalue weighted by Gasteiger charge is -2.10. The molecule has 0 radical (unpaired) electrons. The van der Waals surface area contributed by atoms with E-state index in [9.17, 15) is 14.9 Å². The van der Waals surface area contributed by atoms with Gasteiger partial charge in [-0.15, -0.1) is 0 Å². The third-order valence-electron chi connectivity index (χ3n) is 4.48. The molecule has 0 spiro atoms. The molecule has 6 nitrogen and oxygen atoms in total. The number of aryl methyl sites for hydroxylation is 2. The molecule has 3 aromatic rings. The molecular formula is C19H15NO5. The van der Waals surface area contributed by atoms with Crippen molar-refractivity contribution >= 4 is 16.7 Å². The third kappa shape index (κ3) is 2.98. The molecule has 0 saturated carbocycles. The van der Waals surface area contributed by atoms with Crippen molar-refractivity contribution in [3.63, 3.8) is 0 Å². The minimum absolute atomic E-state index is 0.00807. The summed E-state index contributed by atoms with van der Waals surface area (Å²) in [7, 11) is 0. The normalized spacial score (nSPS) is 13.0. The molecular weight excluding hydrogens is 322 g/mol. The zero-order valence-corrected chi connectivity index (χ0v) is 13.4. The van der Waals surface area contributed by atoms with Gasteiger partial charge in [-0.25, -0.2) is 4.79 Å². The Bertz CT molecular complexity index is 1020. The average molecular weight is 337 g/mol. The SMILES string of the molecule is O=c1cc(COc2ccc([N+](=O)[O-])cc2)c2cc3c(cc2o1)CCC3. The molecule has 1 aromatic heterocycles. The lowest BCUT2D eigenvalue weighted by molar-refractivity contribution is -0.384. The number of nitro groups is 1. The summed E-state index contributed by atoms with van der Waals surface area (Å²) in [4.78, 5) is 22.1. The molecule has 1 aliphatic carbocycles. The highest BCUT2D eigenvalue weighted by Gasteiger charge is 2.15. The number of nitrogens with zero attached hydrogens (tertiary/aromatic N) is 1. The number of benzene rings is 2. The highest BCUT2D eigenvalue weighted by atomic mass is 16.6. The van der Waals surface area contributed by atoms with Crippen LogP contribution in [0.25, 0.3) is 11.0 Å². The van der Waals surface area contributed by atoms with E-state index < -0.39 is 10.5 Å². The fourth-order valence-electron chi connectivity index (χ4n) is 3.24. The van der Waals surface area contributed by atoms with Gasteiger partial charge in [0.1, 0.15) is 17.9 Å². The Hall–Kier alpha value is -3.15. The van der Waals surface area contributed by atoms with Crippen LogP contribution in [-0.4, -0.2) is 4.92 Å². The van der Waals surface area contributed by atoms with Gasteiger partial charge in [0.05, 0.1) is 4.92 Å². The van der Waals surface area contributed by atoms with Gasteiger partial charge in [0.2, 0.25) is 0 Å². The molecule has 25 heavy (non-hydrogen) atoms. The highest BCUT2D eigenvalue weighted by Crippen LogP contribution is 2.29. The maximum absolute atomic E-state index is 11.8. The van der Waals surface area contributed by atoms with Crippen LogP contribution in [0, 0.1) is 10.1 Å². The molecule has 0 amide bonds. The topological polar surface area (TPSA) is 82.6 Å². The number of fused-ring (bicyclic) bond motifs is 2. The van der Waals surface area contributed by atoms with E-state index in [2.05, 4.69) is 6.07 Å². The molecule has 0 bridgehead atoms. The summed E-state index contributed by atoms with van der Waals surface area (Å²) in [6.45, 7) is 0.193. The van der Waals surface area contributed by atoms with Crippen molar-refractivity contribution < 1.29 is 14.1 Å². The van der Waals surface area contributed by atoms with Gasteiger partial charge >= 0.3 is 5.63 Å². The predicted octanol–water partition coefficient (Wildman–Crippen LogP) is 3.77. The molecule has 0 unspecified atom stereocenters. The minimum Gasteiger partial charge on any atom is -0.489 e. The largest absolute Gasteiger partial charge is 0.489 e. The fraction of sp³-hybridized carbons (Fsp3) is 0.211.